The zero-order chi connectivity index (χ0) is 32.3. The maximum Gasteiger partial charge on any atom is 3.00 e. The van der Waals surface area contributed by atoms with Gasteiger partial charge in [0.25, 0.3) is 0 Å². The van der Waals surface area contributed by atoms with E-state index in [1.165, 1.54) is 51.4 Å². The second-order valence-electron chi connectivity index (χ2n) is 6.98. The summed E-state index contributed by atoms with van der Waals surface area (Å²) >= 11 is 0. The largest absolute Gasteiger partial charge is 3.00 e. The van der Waals surface area contributed by atoms with Crippen molar-refractivity contribution in [3.05, 3.63) is 48.6 Å². The molecule has 2 aliphatic rings. The molecule has 0 saturated heterocycles. The van der Waals surface area contributed by atoms with Gasteiger partial charge in [0.2, 0.25) is 0 Å². The van der Waals surface area contributed by atoms with Gasteiger partial charge in [0.1, 0.15) is 0 Å². The summed E-state index contributed by atoms with van der Waals surface area (Å²) in [5.74, 6) is 0. The Balaban J connectivity index is -0.000000207. The number of allylic oxidation sites excluding steroid dienone is 8. The molecule has 244 valence electrons. The van der Waals surface area contributed by atoms with Gasteiger partial charge in [-0.15, -0.1) is 0 Å². The van der Waals surface area contributed by atoms with Gasteiger partial charge < -0.3 is 13.7 Å². The first-order chi connectivity index (χ1) is 17.8. The van der Waals surface area contributed by atoms with Crippen LogP contribution in [-0.4, -0.2) is 55.4 Å². The maximum atomic E-state index is 10.7. The van der Waals surface area contributed by atoms with Crippen molar-refractivity contribution in [3.8, 4) is 0 Å². The first-order valence-electron chi connectivity index (χ1n) is 10.4. The standard InChI is InChI=1S/2C8H12.3CHF3O3S.Rh/c2*1-2-4-6-8-7-5-3-1;3*2-1(3,4)8(5,6)7;/h2*1-4H,5-8H2;3*(H,5,6,7);/q;;;;;+3/p-3. The van der Waals surface area contributed by atoms with E-state index in [0.717, 1.165) is 0 Å². The Bertz CT molecular complexity index is 983. The molecule has 0 unspecified atom stereocenters. The summed E-state index contributed by atoms with van der Waals surface area (Å²) in [4.78, 5) is 0. The van der Waals surface area contributed by atoms with E-state index in [2.05, 4.69) is 48.6 Å². The van der Waals surface area contributed by atoms with Crippen LogP contribution in [-0.2, 0) is 49.8 Å². The minimum atomic E-state index is -6.09. The van der Waals surface area contributed by atoms with Gasteiger partial charge in [0.05, 0.1) is 0 Å². The van der Waals surface area contributed by atoms with Crippen molar-refractivity contribution in [1.29, 1.82) is 0 Å². The molecule has 0 aliphatic heterocycles. The van der Waals surface area contributed by atoms with Crippen LogP contribution in [0, 0.1) is 0 Å². The molecular weight excluding hydrogens is 742 g/mol. The molecule has 0 spiro atoms. The third kappa shape index (κ3) is 30.0. The van der Waals surface area contributed by atoms with E-state index < -0.39 is 46.9 Å². The second kappa shape index (κ2) is 21.4. The van der Waals surface area contributed by atoms with Crippen molar-refractivity contribution in [3.63, 3.8) is 0 Å². The van der Waals surface area contributed by atoms with Gasteiger partial charge in [-0.25, -0.2) is 25.3 Å². The van der Waals surface area contributed by atoms with E-state index >= 15 is 0 Å². The third-order valence-electron chi connectivity index (χ3n) is 3.60. The summed E-state index contributed by atoms with van der Waals surface area (Å²) in [5.41, 5.74) is -16.9. The van der Waals surface area contributed by atoms with E-state index in [1.54, 1.807) is 0 Å². The van der Waals surface area contributed by atoms with Gasteiger partial charge in [-0.2, -0.15) is 39.5 Å². The first kappa shape index (κ1) is 46.6. The predicted octanol–water partition coefficient (Wildman–Crippen LogP) is 5.50. The molecule has 2 aliphatic carbocycles. The quantitative estimate of drug-likeness (QED) is 0.134. The summed E-state index contributed by atoms with van der Waals surface area (Å²) in [6.07, 6.45) is 28.0. The summed E-state index contributed by atoms with van der Waals surface area (Å²) in [5, 5.41) is 0. The predicted molar refractivity (Wildman–Crippen MR) is 121 cm³/mol. The maximum absolute atomic E-state index is 10.7. The number of alkyl halides is 9. The van der Waals surface area contributed by atoms with Crippen molar-refractivity contribution in [2.75, 3.05) is 0 Å². The molecular formula is C19H24F9O9RhS3. The Morgan fingerprint density at radius 3 is 0.634 bits per heavy atom. The Labute approximate surface area is 244 Å². The van der Waals surface area contributed by atoms with E-state index in [4.69, 9.17) is 38.9 Å². The van der Waals surface area contributed by atoms with E-state index in [-0.39, 0.29) is 19.5 Å². The monoisotopic (exact) mass is 766 g/mol. The zero-order valence-corrected chi connectivity index (χ0v) is 24.5. The third-order valence-corrected chi connectivity index (χ3v) is 5.30. The van der Waals surface area contributed by atoms with E-state index in [9.17, 15) is 39.5 Å². The molecule has 22 heteroatoms. The molecule has 41 heavy (non-hydrogen) atoms. The van der Waals surface area contributed by atoms with Crippen LogP contribution in [0.15, 0.2) is 48.6 Å². The first-order valence-corrected chi connectivity index (χ1v) is 14.7. The average molecular weight is 766 g/mol. The molecule has 9 nitrogen and oxygen atoms in total. The van der Waals surface area contributed by atoms with Crippen LogP contribution in [0.1, 0.15) is 51.4 Å². The van der Waals surface area contributed by atoms with Crippen molar-refractivity contribution in [2.45, 2.75) is 67.9 Å². The smallest absolute Gasteiger partial charge is 0.741 e. The molecule has 0 saturated carbocycles. The van der Waals surface area contributed by atoms with Gasteiger partial charge in [-0.1, -0.05) is 48.6 Å². The van der Waals surface area contributed by atoms with Crippen LogP contribution in [0.4, 0.5) is 39.5 Å². The van der Waals surface area contributed by atoms with Crippen molar-refractivity contribution < 1.29 is 97.9 Å². The average Bonchev–Trinajstić information content (AvgIpc) is 2.64. The van der Waals surface area contributed by atoms with Crippen LogP contribution in [0.3, 0.4) is 0 Å². The van der Waals surface area contributed by atoms with Crippen molar-refractivity contribution >= 4 is 30.4 Å². The minimum absolute atomic E-state index is 0. The zero-order valence-electron chi connectivity index (χ0n) is 20.4. The Kier molecular flexibility index (Phi) is 24.3. The molecule has 0 aromatic carbocycles. The number of rotatable bonds is 0. The summed E-state index contributed by atoms with van der Waals surface area (Å²) in [7, 11) is -18.3. The van der Waals surface area contributed by atoms with Crippen molar-refractivity contribution in [2.24, 2.45) is 0 Å². The molecule has 0 aromatic rings. The number of hydrogen-bond donors (Lipinski definition) is 0. The minimum Gasteiger partial charge on any atom is -0.741 e. The normalized spacial score (nSPS) is 16.0. The fraction of sp³-hybridized carbons (Fsp3) is 0.579. The Morgan fingerprint density at radius 2 is 0.537 bits per heavy atom. The van der Waals surface area contributed by atoms with Crippen LogP contribution in [0.5, 0.6) is 0 Å². The SMILES string of the molecule is C1=CCCCCC=C1.C1=CCCCCC=C1.O=S(=O)([O-])C(F)(F)F.O=S(=O)([O-])C(F)(F)F.O=S(=O)([O-])C(F)(F)F.[Rh+3]. The van der Waals surface area contributed by atoms with Gasteiger partial charge in [-0.3, -0.25) is 0 Å². The molecule has 0 heterocycles. The Morgan fingerprint density at radius 1 is 0.415 bits per heavy atom. The van der Waals surface area contributed by atoms with Gasteiger partial charge in [0.15, 0.2) is 30.4 Å². The van der Waals surface area contributed by atoms with Crippen LogP contribution in [0.2, 0.25) is 0 Å². The van der Waals surface area contributed by atoms with Crippen LogP contribution >= 0.6 is 0 Å². The number of hydrogen-bond acceptors (Lipinski definition) is 9. The molecule has 0 aromatic heterocycles. The summed E-state index contributed by atoms with van der Waals surface area (Å²) < 4.78 is 177. The van der Waals surface area contributed by atoms with Gasteiger partial charge >= 0.3 is 36.0 Å². The van der Waals surface area contributed by atoms with E-state index in [1.807, 2.05) is 0 Å². The van der Waals surface area contributed by atoms with Crippen molar-refractivity contribution in [1.82, 2.24) is 0 Å². The molecule has 0 fully saturated rings. The van der Waals surface area contributed by atoms with Crippen LogP contribution in [0.25, 0.3) is 0 Å². The molecule has 0 radical (unpaired) electrons. The fourth-order valence-corrected chi connectivity index (χ4v) is 1.75. The fourth-order valence-electron chi connectivity index (χ4n) is 1.75. The van der Waals surface area contributed by atoms with Gasteiger partial charge in [-0.05, 0) is 51.4 Å². The topological polar surface area (TPSA) is 172 Å². The van der Waals surface area contributed by atoms with Gasteiger partial charge in [0, 0.05) is 0 Å². The Hall–Kier alpha value is -1.32. The van der Waals surface area contributed by atoms with E-state index in [0.29, 0.717) is 0 Å². The molecule has 0 N–H and O–H groups in total. The summed E-state index contributed by atoms with van der Waals surface area (Å²) in [6.45, 7) is 0. The molecule has 0 atom stereocenters. The second-order valence-corrected chi connectivity index (χ2v) is 11.1. The number of halogens is 9. The van der Waals surface area contributed by atoms with Crippen LogP contribution < -0.4 is 0 Å². The molecule has 2 rings (SSSR count). The molecule has 0 bridgehead atoms. The summed E-state index contributed by atoms with van der Waals surface area (Å²) in [6, 6.07) is 0. The molecule has 0 amide bonds.